The van der Waals surface area contributed by atoms with Crippen LogP contribution in [0.1, 0.15) is 5.56 Å². The van der Waals surface area contributed by atoms with Gasteiger partial charge in [0.1, 0.15) is 5.75 Å². The third-order valence-corrected chi connectivity index (χ3v) is 2.88. The second-order valence-corrected chi connectivity index (χ2v) is 4.38. The Kier molecular flexibility index (Phi) is 3.79. The van der Waals surface area contributed by atoms with Crippen LogP contribution in [0, 0.1) is 27.2 Å². The van der Waals surface area contributed by atoms with Crippen LogP contribution in [0.25, 0.3) is 0 Å². The zero-order valence-corrected chi connectivity index (χ0v) is 10.6. The number of nitrogens with zero attached hydrogens (tertiary/aromatic N) is 2. The number of nitro groups is 2. The molecule has 2 unspecified atom stereocenters. The Bertz CT molecular complexity index is 591. The molecule has 7 nitrogen and oxygen atoms in total. The SMILES string of the molecule is Cc1ccc(OC2C=CC([N+](=O)[O-])=CC2[N+](=O)[O-])cc1. The summed E-state index contributed by atoms with van der Waals surface area (Å²) in [5, 5.41) is 21.6. The van der Waals surface area contributed by atoms with E-state index >= 15 is 0 Å². The fourth-order valence-electron chi connectivity index (χ4n) is 1.82. The number of rotatable bonds is 4. The Labute approximate surface area is 114 Å². The first-order valence-electron chi connectivity index (χ1n) is 5.88. The lowest BCUT2D eigenvalue weighted by molar-refractivity contribution is -0.519. The van der Waals surface area contributed by atoms with Crippen molar-refractivity contribution in [2.75, 3.05) is 0 Å². The van der Waals surface area contributed by atoms with Crippen LogP contribution < -0.4 is 4.74 Å². The summed E-state index contributed by atoms with van der Waals surface area (Å²) in [6.45, 7) is 1.91. The summed E-state index contributed by atoms with van der Waals surface area (Å²) in [5.41, 5.74) is 0.744. The van der Waals surface area contributed by atoms with Crippen LogP contribution in [0.5, 0.6) is 5.75 Å². The normalized spacial score (nSPS) is 21.1. The van der Waals surface area contributed by atoms with E-state index < -0.39 is 22.0 Å². The molecule has 0 saturated carbocycles. The molecule has 1 aromatic carbocycles. The Morgan fingerprint density at radius 3 is 2.35 bits per heavy atom. The third-order valence-electron chi connectivity index (χ3n) is 2.88. The Balaban J connectivity index is 2.19. The van der Waals surface area contributed by atoms with E-state index in [2.05, 4.69) is 0 Å². The molecule has 0 spiro atoms. The van der Waals surface area contributed by atoms with Crippen molar-refractivity contribution in [3.05, 3.63) is 74.0 Å². The van der Waals surface area contributed by atoms with Crippen LogP contribution in [0.4, 0.5) is 0 Å². The average Bonchev–Trinajstić information content (AvgIpc) is 2.41. The Morgan fingerprint density at radius 2 is 1.80 bits per heavy atom. The van der Waals surface area contributed by atoms with Crippen LogP contribution in [-0.4, -0.2) is 22.0 Å². The second-order valence-electron chi connectivity index (χ2n) is 4.38. The smallest absolute Gasteiger partial charge is 0.277 e. The summed E-state index contributed by atoms with van der Waals surface area (Å²) in [5.74, 6) is 0.482. The molecule has 0 amide bonds. The molecular weight excluding hydrogens is 264 g/mol. The van der Waals surface area contributed by atoms with Crippen molar-refractivity contribution >= 4 is 0 Å². The van der Waals surface area contributed by atoms with Crippen molar-refractivity contribution in [1.82, 2.24) is 0 Å². The molecule has 7 heteroatoms. The first kappa shape index (κ1) is 13.7. The molecular formula is C13H12N2O5. The lowest BCUT2D eigenvalue weighted by Gasteiger charge is -2.19. The van der Waals surface area contributed by atoms with Gasteiger partial charge in [0.05, 0.1) is 11.0 Å². The highest BCUT2D eigenvalue weighted by atomic mass is 16.6. The zero-order chi connectivity index (χ0) is 14.7. The molecule has 0 N–H and O–H groups in total. The molecule has 0 aliphatic heterocycles. The minimum Gasteiger partial charge on any atom is -0.479 e. The van der Waals surface area contributed by atoms with Crippen molar-refractivity contribution < 1.29 is 14.6 Å². The van der Waals surface area contributed by atoms with E-state index in [1.54, 1.807) is 12.1 Å². The number of ether oxygens (including phenoxy) is 1. The first-order chi connectivity index (χ1) is 9.47. The van der Waals surface area contributed by atoms with E-state index in [4.69, 9.17) is 4.74 Å². The van der Waals surface area contributed by atoms with Crippen molar-refractivity contribution in [2.45, 2.75) is 19.1 Å². The summed E-state index contributed by atoms with van der Waals surface area (Å²) in [6, 6.07) is 5.77. The van der Waals surface area contributed by atoms with Crippen molar-refractivity contribution in [1.29, 1.82) is 0 Å². The first-order valence-corrected chi connectivity index (χ1v) is 5.88. The van der Waals surface area contributed by atoms with Gasteiger partial charge < -0.3 is 4.74 Å². The summed E-state index contributed by atoms with van der Waals surface area (Å²) >= 11 is 0. The van der Waals surface area contributed by atoms with E-state index in [1.165, 1.54) is 12.2 Å². The molecule has 20 heavy (non-hydrogen) atoms. The number of allylic oxidation sites excluding steroid dienone is 1. The molecule has 0 radical (unpaired) electrons. The molecule has 2 rings (SSSR count). The third kappa shape index (κ3) is 3.00. The monoisotopic (exact) mass is 276 g/mol. The van der Waals surface area contributed by atoms with Gasteiger partial charge in [-0.05, 0) is 25.1 Å². The molecule has 2 atom stereocenters. The van der Waals surface area contributed by atoms with E-state index in [0.29, 0.717) is 5.75 Å². The van der Waals surface area contributed by atoms with Gasteiger partial charge in [0.25, 0.3) is 11.7 Å². The maximum atomic E-state index is 11.0. The quantitative estimate of drug-likeness (QED) is 0.620. The molecule has 1 aromatic rings. The molecule has 1 aliphatic rings. The molecule has 0 bridgehead atoms. The predicted octanol–water partition coefficient (Wildman–Crippen LogP) is 2.12. The maximum Gasteiger partial charge on any atom is 0.277 e. The maximum absolute atomic E-state index is 11.0. The van der Waals surface area contributed by atoms with E-state index in [0.717, 1.165) is 11.6 Å². The van der Waals surface area contributed by atoms with Gasteiger partial charge in [0, 0.05) is 11.0 Å². The van der Waals surface area contributed by atoms with Crippen molar-refractivity contribution in [3.8, 4) is 5.75 Å². The van der Waals surface area contributed by atoms with E-state index in [-0.39, 0.29) is 5.70 Å². The predicted molar refractivity (Wildman–Crippen MR) is 70.6 cm³/mol. The highest BCUT2D eigenvalue weighted by molar-refractivity contribution is 5.29. The van der Waals surface area contributed by atoms with Crippen LogP contribution in [-0.2, 0) is 0 Å². The molecule has 1 aliphatic carbocycles. The fourth-order valence-corrected chi connectivity index (χ4v) is 1.82. The van der Waals surface area contributed by atoms with Crippen LogP contribution in [0.15, 0.2) is 48.2 Å². The van der Waals surface area contributed by atoms with Gasteiger partial charge in [-0.1, -0.05) is 17.7 Å². The standard InChI is InChI=1S/C13H12N2O5/c1-9-2-5-11(6-3-9)20-13-7-4-10(14(16)17)8-12(13)15(18)19/h2-8,12-13H,1H3. The number of hydrogen-bond acceptors (Lipinski definition) is 5. The van der Waals surface area contributed by atoms with Crippen molar-refractivity contribution in [2.24, 2.45) is 0 Å². The number of hydrogen-bond donors (Lipinski definition) is 0. The fraction of sp³-hybridized carbons (Fsp3) is 0.231. The van der Waals surface area contributed by atoms with Gasteiger partial charge in [-0.25, -0.2) is 0 Å². The number of benzene rings is 1. The van der Waals surface area contributed by atoms with E-state index in [9.17, 15) is 20.2 Å². The van der Waals surface area contributed by atoms with Gasteiger partial charge in [0.2, 0.25) is 0 Å². The summed E-state index contributed by atoms with van der Waals surface area (Å²) < 4.78 is 5.52. The second kappa shape index (κ2) is 5.52. The van der Waals surface area contributed by atoms with Gasteiger partial charge in [-0.3, -0.25) is 20.2 Å². The molecule has 0 aromatic heterocycles. The zero-order valence-electron chi connectivity index (χ0n) is 10.6. The molecule has 0 saturated heterocycles. The highest BCUT2D eigenvalue weighted by Gasteiger charge is 2.35. The lowest BCUT2D eigenvalue weighted by Crippen LogP contribution is -2.37. The topological polar surface area (TPSA) is 95.5 Å². The lowest BCUT2D eigenvalue weighted by atomic mass is 10.0. The van der Waals surface area contributed by atoms with Gasteiger partial charge >= 0.3 is 0 Å². The van der Waals surface area contributed by atoms with Gasteiger partial charge in [-0.2, -0.15) is 0 Å². The van der Waals surface area contributed by atoms with Crippen molar-refractivity contribution in [3.63, 3.8) is 0 Å². The average molecular weight is 276 g/mol. The van der Waals surface area contributed by atoms with Crippen LogP contribution in [0.3, 0.4) is 0 Å². The Hall–Kier alpha value is -2.70. The number of aryl methyl sites for hydroxylation is 1. The van der Waals surface area contributed by atoms with Crippen LogP contribution in [0.2, 0.25) is 0 Å². The summed E-state index contributed by atoms with van der Waals surface area (Å²) in [6.07, 6.45) is 2.69. The highest BCUT2D eigenvalue weighted by Crippen LogP contribution is 2.21. The van der Waals surface area contributed by atoms with Gasteiger partial charge in [-0.15, -0.1) is 0 Å². The molecule has 0 heterocycles. The molecule has 104 valence electrons. The van der Waals surface area contributed by atoms with Crippen LogP contribution >= 0.6 is 0 Å². The summed E-state index contributed by atoms with van der Waals surface area (Å²) in [4.78, 5) is 20.4. The largest absolute Gasteiger partial charge is 0.479 e. The van der Waals surface area contributed by atoms with E-state index in [1.807, 2.05) is 19.1 Å². The summed E-state index contributed by atoms with van der Waals surface area (Å²) in [7, 11) is 0. The van der Waals surface area contributed by atoms with Gasteiger partial charge in [0.15, 0.2) is 6.10 Å². The molecule has 0 fully saturated rings. The minimum atomic E-state index is -1.28. The Morgan fingerprint density at radius 1 is 1.15 bits per heavy atom. The minimum absolute atomic E-state index is 0.296.